The van der Waals surface area contributed by atoms with Gasteiger partial charge in [-0.2, -0.15) is 4.98 Å². The number of amides is 1. The topological polar surface area (TPSA) is 90.1 Å². The fourth-order valence-corrected chi connectivity index (χ4v) is 2.85. The fraction of sp³-hybridized carbons (Fsp3) is 0.529. The van der Waals surface area contributed by atoms with Crippen LogP contribution in [0.15, 0.2) is 29.0 Å². The van der Waals surface area contributed by atoms with Gasteiger partial charge in [0.25, 0.3) is 0 Å². The van der Waals surface area contributed by atoms with Crippen LogP contribution in [0.3, 0.4) is 0 Å². The summed E-state index contributed by atoms with van der Waals surface area (Å²) in [6.07, 6.45) is 5.78. The largest absolute Gasteiger partial charge is 0.375 e. The molecule has 2 aromatic rings. The van der Waals surface area contributed by atoms with Crippen molar-refractivity contribution in [1.82, 2.24) is 20.4 Å². The summed E-state index contributed by atoms with van der Waals surface area (Å²) in [6.45, 7) is 4.77. The molecule has 1 fully saturated rings. The van der Waals surface area contributed by atoms with E-state index in [1.165, 1.54) is 0 Å². The van der Waals surface area contributed by atoms with Crippen LogP contribution in [0, 0.1) is 0 Å². The third-order valence-corrected chi connectivity index (χ3v) is 4.03. The second kappa shape index (κ2) is 7.09. The maximum atomic E-state index is 12.1. The lowest BCUT2D eigenvalue weighted by Gasteiger charge is -2.35. The lowest BCUT2D eigenvalue weighted by Crippen LogP contribution is -2.45. The highest BCUT2D eigenvalue weighted by Gasteiger charge is 2.29. The van der Waals surface area contributed by atoms with Gasteiger partial charge in [0.15, 0.2) is 0 Å². The fourth-order valence-electron chi connectivity index (χ4n) is 2.85. The van der Waals surface area contributed by atoms with E-state index in [0.717, 1.165) is 18.4 Å². The van der Waals surface area contributed by atoms with E-state index in [0.29, 0.717) is 31.2 Å². The number of aryl methyl sites for hydroxylation is 1. The van der Waals surface area contributed by atoms with Crippen molar-refractivity contribution in [3.05, 3.63) is 30.4 Å². The number of aromatic nitrogens is 3. The second-order valence-electron chi connectivity index (χ2n) is 6.61. The van der Waals surface area contributed by atoms with Gasteiger partial charge in [-0.15, -0.1) is 0 Å². The monoisotopic (exact) mass is 330 g/mol. The Labute approximate surface area is 140 Å². The molecule has 7 nitrogen and oxygen atoms in total. The van der Waals surface area contributed by atoms with E-state index in [9.17, 15) is 4.79 Å². The molecule has 0 aromatic carbocycles. The highest BCUT2D eigenvalue weighted by atomic mass is 16.5. The van der Waals surface area contributed by atoms with Gasteiger partial charge in [0, 0.05) is 43.4 Å². The average Bonchev–Trinajstić information content (AvgIpc) is 3.02. The van der Waals surface area contributed by atoms with Crippen LogP contribution < -0.4 is 5.32 Å². The summed E-state index contributed by atoms with van der Waals surface area (Å²) in [6, 6.07) is 3.79. The van der Waals surface area contributed by atoms with Crippen molar-refractivity contribution in [1.29, 1.82) is 0 Å². The Hall–Kier alpha value is -2.28. The molecule has 0 radical (unpaired) electrons. The number of carbonyl (C=O) groups is 1. The summed E-state index contributed by atoms with van der Waals surface area (Å²) in [5.41, 5.74) is 0.663. The zero-order chi connectivity index (χ0) is 17.0. The summed E-state index contributed by atoms with van der Waals surface area (Å²) >= 11 is 0. The molecule has 128 valence electrons. The quantitative estimate of drug-likeness (QED) is 0.903. The summed E-state index contributed by atoms with van der Waals surface area (Å²) in [5.74, 6) is 0.976. The first-order valence-electron chi connectivity index (χ1n) is 8.18. The standard InChI is InChI=1S/C17H22N4O3/c1-17(2)11-13(7-10-23-17)19-14(22)3-4-15-20-16(21-24-15)12-5-8-18-9-6-12/h5-6,8-9,13H,3-4,7,10-11H2,1-2H3,(H,19,22). The van der Waals surface area contributed by atoms with Gasteiger partial charge in [0.2, 0.25) is 17.6 Å². The molecule has 1 unspecified atom stereocenters. The smallest absolute Gasteiger partial charge is 0.227 e. The van der Waals surface area contributed by atoms with Gasteiger partial charge in [-0.05, 0) is 38.8 Å². The second-order valence-corrected chi connectivity index (χ2v) is 6.61. The maximum absolute atomic E-state index is 12.1. The first kappa shape index (κ1) is 16.6. The van der Waals surface area contributed by atoms with E-state index in [1.54, 1.807) is 12.4 Å². The molecule has 7 heteroatoms. The minimum atomic E-state index is -0.178. The van der Waals surface area contributed by atoms with Crippen molar-refractivity contribution >= 4 is 5.91 Å². The van der Waals surface area contributed by atoms with Crippen LogP contribution >= 0.6 is 0 Å². The number of carbonyl (C=O) groups excluding carboxylic acids is 1. The zero-order valence-electron chi connectivity index (χ0n) is 14.0. The molecule has 1 N–H and O–H groups in total. The van der Waals surface area contributed by atoms with Gasteiger partial charge in [-0.3, -0.25) is 9.78 Å². The molecule has 0 saturated carbocycles. The number of rotatable bonds is 5. The molecule has 2 aromatic heterocycles. The Balaban J connectivity index is 1.49. The van der Waals surface area contributed by atoms with E-state index in [1.807, 2.05) is 26.0 Å². The number of pyridine rings is 1. The Morgan fingerprint density at radius 1 is 1.38 bits per heavy atom. The minimum Gasteiger partial charge on any atom is -0.375 e. The number of nitrogens with one attached hydrogen (secondary N) is 1. The van der Waals surface area contributed by atoms with E-state index in [2.05, 4.69) is 20.4 Å². The molecular weight excluding hydrogens is 308 g/mol. The highest BCUT2D eigenvalue weighted by Crippen LogP contribution is 2.24. The molecule has 1 aliphatic rings. The Morgan fingerprint density at radius 3 is 2.92 bits per heavy atom. The molecule has 24 heavy (non-hydrogen) atoms. The lowest BCUT2D eigenvalue weighted by molar-refractivity contribution is -0.124. The normalized spacial score (nSPS) is 19.8. The van der Waals surface area contributed by atoms with Crippen LogP contribution in [0.4, 0.5) is 0 Å². The van der Waals surface area contributed by atoms with Crippen molar-refractivity contribution in [2.45, 2.75) is 51.2 Å². The van der Waals surface area contributed by atoms with Crippen molar-refractivity contribution < 1.29 is 14.1 Å². The van der Waals surface area contributed by atoms with Gasteiger partial charge < -0.3 is 14.6 Å². The third kappa shape index (κ3) is 4.38. The number of ether oxygens (including phenoxy) is 1. The van der Waals surface area contributed by atoms with Crippen LogP contribution in [0.1, 0.15) is 39.0 Å². The van der Waals surface area contributed by atoms with Gasteiger partial charge in [-0.25, -0.2) is 0 Å². The van der Waals surface area contributed by atoms with Crippen LogP contribution in [0.5, 0.6) is 0 Å². The van der Waals surface area contributed by atoms with Gasteiger partial charge >= 0.3 is 0 Å². The summed E-state index contributed by atoms with van der Waals surface area (Å²) in [5, 5.41) is 7.00. The number of hydrogen-bond donors (Lipinski definition) is 1. The van der Waals surface area contributed by atoms with E-state index < -0.39 is 0 Å². The molecule has 1 amide bonds. The molecule has 1 aliphatic heterocycles. The SMILES string of the molecule is CC1(C)CC(NC(=O)CCc2nc(-c3ccncc3)no2)CCO1. The predicted octanol–water partition coefficient (Wildman–Crippen LogP) is 2.14. The van der Waals surface area contributed by atoms with Crippen molar-refractivity contribution in [3.8, 4) is 11.4 Å². The van der Waals surface area contributed by atoms with Gasteiger partial charge in [0.05, 0.1) is 5.60 Å². The number of hydrogen-bond acceptors (Lipinski definition) is 6. The predicted molar refractivity (Wildman–Crippen MR) is 87.0 cm³/mol. The van der Waals surface area contributed by atoms with Crippen molar-refractivity contribution in [2.24, 2.45) is 0 Å². The third-order valence-electron chi connectivity index (χ3n) is 4.03. The Morgan fingerprint density at radius 2 is 2.17 bits per heavy atom. The van der Waals surface area contributed by atoms with Crippen molar-refractivity contribution in [2.75, 3.05) is 6.61 Å². The number of nitrogens with zero attached hydrogens (tertiary/aromatic N) is 3. The van der Waals surface area contributed by atoms with Crippen molar-refractivity contribution in [3.63, 3.8) is 0 Å². The minimum absolute atomic E-state index is 0.00126. The van der Waals surface area contributed by atoms with E-state index >= 15 is 0 Å². The molecule has 1 saturated heterocycles. The summed E-state index contributed by atoms with van der Waals surface area (Å²) in [4.78, 5) is 20.4. The summed E-state index contributed by atoms with van der Waals surface area (Å²) in [7, 11) is 0. The molecule has 3 rings (SSSR count). The Kier molecular flexibility index (Phi) is 4.89. The van der Waals surface area contributed by atoms with E-state index in [-0.39, 0.29) is 17.6 Å². The maximum Gasteiger partial charge on any atom is 0.227 e. The first-order valence-corrected chi connectivity index (χ1v) is 8.18. The Bertz CT molecular complexity index is 684. The average molecular weight is 330 g/mol. The highest BCUT2D eigenvalue weighted by molar-refractivity contribution is 5.76. The first-order chi connectivity index (χ1) is 11.5. The lowest BCUT2D eigenvalue weighted by atomic mass is 9.94. The van der Waals surface area contributed by atoms with Gasteiger partial charge in [0.1, 0.15) is 0 Å². The van der Waals surface area contributed by atoms with Crippen LogP contribution in [0.25, 0.3) is 11.4 Å². The van der Waals surface area contributed by atoms with Crippen LogP contribution in [0.2, 0.25) is 0 Å². The van der Waals surface area contributed by atoms with Gasteiger partial charge in [-0.1, -0.05) is 5.16 Å². The van der Waals surface area contributed by atoms with Crippen LogP contribution in [-0.4, -0.2) is 39.3 Å². The molecule has 0 bridgehead atoms. The summed E-state index contributed by atoms with van der Waals surface area (Å²) < 4.78 is 10.9. The van der Waals surface area contributed by atoms with Crippen LogP contribution in [-0.2, 0) is 16.0 Å². The molecule has 0 aliphatic carbocycles. The molecule has 1 atom stereocenters. The molecular formula is C17H22N4O3. The zero-order valence-corrected chi connectivity index (χ0v) is 14.0. The van der Waals surface area contributed by atoms with E-state index in [4.69, 9.17) is 9.26 Å². The molecule has 0 spiro atoms. The molecule has 3 heterocycles.